The van der Waals surface area contributed by atoms with Crippen molar-refractivity contribution in [2.24, 2.45) is 10.7 Å². The first-order chi connectivity index (χ1) is 4.18. The van der Waals surface area contributed by atoms with Crippen LogP contribution >= 0.6 is 12.6 Å². The average molecular weight is 147 g/mol. The van der Waals surface area contributed by atoms with E-state index in [2.05, 4.69) is 17.6 Å². The van der Waals surface area contributed by atoms with Gasteiger partial charge >= 0.3 is 0 Å². The van der Waals surface area contributed by atoms with Crippen LogP contribution in [0.15, 0.2) is 4.99 Å². The van der Waals surface area contributed by atoms with Crippen LogP contribution in [0.4, 0.5) is 0 Å². The third-order valence-corrected chi connectivity index (χ3v) is 1.03. The van der Waals surface area contributed by atoms with Crippen molar-refractivity contribution >= 4 is 18.6 Å². The molecule has 0 aromatic heterocycles. The van der Waals surface area contributed by atoms with E-state index in [0.717, 1.165) is 5.75 Å². The Kier molecular flexibility index (Phi) is 4.30. The predicted molar refractivity (Wildman–Crippen MR) is 44.0 cm³/mol. The van der Waals surface area contributed by atoms with E-state index in [9.17, 15) is 0 Å². The number of thiol groups is 1. The highest BCUT2D eigenvalue weighted by molar-refractivity contribution is 7.80. The van der Waals surface area contributed by atoms with Crippen molar-refractivity contribution in [1.82, 2.24) is 4.90 Å². The molecule has 2 N–H and O–H groups in total. The third kappa shape index (κ3) is 4.14. The number of nitrogens with two attached hydrogens (primary N) is 1. The quantitative estimate of drug-likeness (QED) is 0.322. The highest BCUT2D eigenvalue weighted by Crippen LogP contribution is 1.78. The molecule has 3 nitrogen and oxygen atoms in total. The number of hydrogen-bond donors (Lipinski definition) is 2. The summed E-state index contributed by atoms with van der Waals surface area (Å²) in [5.74, 6) is 1.30. The van der Waals surface area contributed by atoms with Crippen LogP contribution in [0.3, 0.4) is 0 Å². The molecule has 0 rings (SSSR count). The van der Waals surface area contributed by atoms with Gasteiger partial charge in [0, 0.05) is 19.8 Å². The number of nitrogens with zero attached hydrogens (tertiary/aromatic N) is 2. The molecule has 54 valence electrons. The molecule has 0 aromatic carbocycles. The Hall–Kier alpha value is -0.380. The molecule has 0 saturated heterocycles. The minimum absolute atomic E-state index is 0.559. The Bertz CT molecular complexity index is 100. The van der Waals surface area contributed by atoms with E-state index in [0.29, 0.717) is 12.5 Å². The van der Waals surface area contributed by atoms with Gasteiger partial charge in [0.05, 0.1) is 6.54 Å². The maximum absolute atomic E-state index is 5.44. The van der Waals surface area contributed by atoms with Crippen LogP contribution in [-0.2, 0) is 0 Å². The van der Waals surface area contributed by atoms with E-state index in [4.69, 9.17) is 5.73 Å². The third-order valence-electron chi connectivity index (χ3n) is 0.832. The second-order valence-electron chi connectivity index (χ2n) is 1.86. The summed E-state index contributed by atoms with van der Waals surface area (Å²) in [4.78, 5) is 5.75. The summed E-state index contributed by atoms with van der Waals surface area (Å²) in [5.41, 5.74) is 5.44. The zero-order valence-corrected chi connectivity index (χ0v) is 6.73. The fourth-order valence-electron chi connectivity index (χ4n) is 0.306. The predicted octanol–water partition coefficient (Wildman–Crippen LogP) is -0.207. The molecule has 0 unspecified atom stereocenters. The van der Waals surface area contributed by atoms with Gasteiger partial charge in [-0.25, -0.2) is 0 Å². The molecule has 0 fully saturated rings. The van der Waals surface area contributed by atoms with Crippen LogP contribution in [0.25, 0.3) is 0 Å². The van der Waals surface area contributed by atoms with E-state index < -0.39 is 0 Å². The summed E-state index contributed by atoms with van der Waals surface area (Å²) in [7, 11) is 3.72. The summed E-state index contributed by atoms with van der Waals surface area (Å²) >= 11 is 3.98. The van der Waals surface area contributed by atoms with Crippen LogP contribution in [-0.4, -0.2) is 37.3 Å². The van der Waals surface area contributed by atoms with Crippen LogP contribution < -0.4 is 5.73 Å². The Morgan fingerprint density at radius 2 is 2.22 bits per heavy atom. The van der Waals surface area contributed by atoms with E-state index >= 15 is 0 Å². The highest BCUT2D eigenvalue weighted by Gasteiger charge is 1.89. The number of hydrogen-bond acceptors (Lipinski definition) is 2. The lowest BCUT2D eigenvalue weighted by atomic mass is 10.7. The standard InChI is InChI=1S/C5H13N3S/c1-8(2)5(6)7-3-4-9/h9H,3-4H2,1-2H3,(H2,6,7). The lowest BCUT2D eigenvalue weighted by molar-refractivity contribution is 0.611. The Labute approximate surface area is 61.3 Å². The summed E-state index contributed by atoms with van der Waals surface area (Å²) in [6, 6.07) is 0. The molecule has 0 aromatic rings. The Morgan fingerprint density at radius 3 is 2.56 bits per heavy atom. The minimum atomic E-state index is 0.559. The van der Waals surface area contributed by atoms with Crippen molar-refractivity contribution in [3.63, 3.8) is 0 Å². The molecule has 0 atom stereocenters. The maximum atomic E-state index is 5.44. The normalized spacial score (nSPS) is 11.7. The van der Waals surface area contributed by atoms with Crippen molar-refractivity contribution in [1.29, 1.82) is 0 Å². The SMILES string of the molecule is CN(C)C(N)=NCCS. The molecule has 4 heteroatoms. The maximum Gasteiger partial charge on any atom is 0.190 e. The lowest BCUT2D eigenvalue weighted by Crippen LogP contribution is -2.30. The second-order valence-corrected chi connectivity index (χ2v) is 2.31. The topological polar surface area (TPSA) is 41.6 Å². The molecule has 0 saturated carbocycles. The Morgan fingerprint density at radius 1 is 1.67 bits per heavy atom. The van der Waals surface area contributed by atoms with Crippen molar-refractivity contribution in [2.45, 2.75) is 0 Å². The zero-order chi connectivity index (χ0) is 7.28. The average Bonchev–Trinajstić information content (AvgIpc) is 1.82. The molecule has 0 heterocycles. The molecule has 9 heavy (non-hydrogen) atoms. The number of guanidine groups is 1. The molecular weight excluding hydrogens is 134 g/mol. The van der Waals surface area contributed by atoms with Crippen LogP contribution in [0.1, 0.15) is 0 Å². The first-order valence-electron chi connectivity index (χ1n) is 2.76. The van der Waals surface area contributed by atoms with Crippen LogP contribution in [0.5, 0.6) is 0 Å². The molecule has 0 aliphatic heterocycles. The molecule has 0 bridgehead atoms. The first kappa shape index (κ1) is 8.62. The lowest BCUT2D eigenvalue weighted by Gasteiger charge is -2.09. The molecule has 0 aliphatic rings. The molecule has 0 aliphatic carbocycles. The van der Waals surface area contributed by atoms with E-state index in [1.165, 1.54) is 0 Å². The van der Waals surface area contributed by atoms with E-state index in [-0.39, 0.29) is 0 Å². The van der Waals surface area contributed by atoms with Crippen molar-refractivity contribution in [2.75, 3.05) is 26.4 Å². The molecule has 0 radical (unpaired) electrons. The van der Waals surface area contributed by atoms with Gasteiger partial charge in [-0.3, -0.25) is 4.99 Å². The van der Waals surface area contributed by atoms with Gasteiger partial charge in [-0.15, -0.1) is 0 Å². The van der Waals surface area contributed by atoms with Crippen molar-refractivity contribution in [3.05, 3.63) is 0 Å². The second kappa shape index (κ2) is 4.49. The summed E-state index contributed by atoms with van der Waals surface area (Å²) in [6.45, 7) is 0.688. The van der Waals surface area contributed by atoms with E-state index in [1.807, 2.05) is 14.1 Å². The van der Waals surface area contributed by atoms with Gasteiger partial charge < -0.3 is 10.6 Å². The van der Waals surface area contributed by atoms with E-state index in [1.54, 1.807) is 4.90 Å². The minimum Gasteiger partial charge on any atom is -0.370 e. The van der Waals surface area contributed by atoms with Gasteiger partial charge in [-0.05, 0) is 0 Å². The van der Waals surface area contributed by atoms with Gasteiger partial charge in [0.1, 0.15) is 0 Å². The van der Waals surface area contributed by atoms with Crippen LogP contribution in [0.2, 0.25) is 0 Å². The van der Waals surface area contributed by atoms with Gasteiger partial charge in [0.25, 0.3) is 0 Å². The van der Waals surface area contributed by atoms with Gasteiger partial charge in [-0.1, -0.05) is 0 Å². The monoisotopic (exact) mass is 147 g/mol. The van der Waals surface area contributed by atoms with Crippen LogP contribution in [0, 0.1) is 0 Å². The van der Waals surface area contributed by atoms with Gasteiger partial charge in [-0.2, -0.15) is 12.6 Å². The molecular formula is C5H13N3S. The first-order valence-corrected chi connectivity index (χ1v) is 3.40. The molecule has 0 spiro atoms. The molecule has 0 amide bonds. The summed E-state index contributed by atoms with van der Waals surface area (Å²) in [6.07, 6.45) is 0. The summed E-state index contributed by atoms with van der Waals surface area (Å²) in [5, 5.41) is 0. The van der Waals surface area contributed by atoms with Crippen molar-refractivity contribution < 1.29 is 0 Å². The number of aliphatic imine (C=N–C) groups is 1. The smallest absolute Gasteiger partial charge is 0.190 e. The zero-order valence-electron chi connectivity index (χ0n) is 5.83. The van der Waals surface area contributed by atoms with Gasteiger partial charge in [0.15, 0.2) is 5.96 Å². The van der Waals surface area contributed by atoms with Gasteiger partial charge in [0.2, 0.25) is 0 Å². The fourth-order valence-corrected chi connectivity index (χ4v) is 0.406. The fraction of sp³-hybridized carbons (Fsp3) is 0.800. The Balaban J connectivity index is 3.55. The number of rotatable bonds is 2. The largest absolute Gasteiger partial charge is 0.370 e. The highest BCUT2D eigenvalue weighted by atomic mass is 32.1. The van der Waals surface area contributed by atoms with Crippen molar-refractivity contribution in [3.8, 4) is 0 Å². The summed E-state index contributed by atoms with van der Waals surface area (Å²) < 4.78 is 0.